The van der Waals surface area contributed by atoms with Crippen molar-refractivity contribution in [3.63, 3.8) is 0 Å². The fourth-order valence-electron chi connectivity index (χ4n) is 2.38. The Hall–Kier alpha value is -1.90. The van der Waals surface area contributed by atoms with Crippen LogP contribution in [0.25, 0.3) is 11.4 Å². The molecule has 1 aliphatic heterocycles. The maximum absolute atomic E-state index is 10.8. The Kier molecular flexibility index (Phi) is 5.27. The van der Waals surface area contributed by atoms with Crippen LogP contribution in [0.5, 0.6) is 0 Å². The zero-order valence-electron chi connectivity index (χ0n) is 12.6. The zero-order valence-corrected chi connectivity index (χ0v) is 13.4. The largest absolute Gasteiger partial charge is 0.772 e. The van der Waals surface area contributed by atoms with Crippen molar-refractivity contribution in [2.24, 2.45) is 0 Å². The summed E-state index contributed by atoms with van der Waals surface area (Å²) >= 11 is -2.08. The van der Waals surface area contributed by atoms with E-state index in [1.165, 1.54) is 0 Å². The Morgan fingerprint density at radius 3 is 2.65 bits per heavy atom. The summed E-state index contributed by atoms with van der Waals surface area (Å²) in [5.41, 5.74) is 1.58. The standard InChI is InChI=1S/C15H18N4O3S/c20-23(21)10-3-13-11-14(19-6-8-22-9-7-19)18-15(17-13)12-1-4-16-5-2-12/h1-2,4-5,11H,3,6-10H2,(H,20,21)/p-1. The molecule has 23 heavy (non-hydrogen) atoms. The van der Waals surface area contributed by atoms with E-state index >= 15 is 0 Å². The second-order valence-electron chi connectivity index (χ2n) is 5.13. The summed E-state index contributed by atoms with van der Waals surface area (Å²) in [6.07, 6.45) is 3.74. The van der Waals surface area contributed by atoms with E-state index in [0.29, 0.717) is 25.5 Å². The van der Waals surface area contributed by atoms with Crippen molar-refractivity contribution in [1.29, 1.82) is 0 Å². The molecule has 0 amide bonds. The normalized spacial score (nSPS) is 16.3. The fourth-order valence-corrected chi connectivity index (χ4v) is 2.76. The second kappa shape index (κ2) is 7.58. The lowest BCUT2D eigenvalue weighted by Gasteiger charge is -2.28. The van der Waals surface area contributed by atoms with Gasteiger partial charge < -0.3 is 14.2 Å². The molecule has 0 spiro atoms. The Balaban J connectivity index is 1.94. The molecular weight excluding hydrogens is 316 g/mol. The highest BCUT2D eigenvalue weighted by atomic mass is 32.2. The molecule has 122 valence electrons. The van der Waals surface area contributed by atoms with Gasteiger partial charge >= 0.3 is 0 Å². The third kappa shape index (κ3) is 4.31. The minimum atomic E-state index is -2.08. The summed E-state index contributed by atoms with van der Waals surface area (Å²) in [5.74, 6) is 1.44. The molecule has 1 saturated heterocycles. The van der Waals surface area contributed by atoms with E-state index in [-0.39, 0.29) is 5.75 Å². The number of nitrogens with zero attached hydrogens (tertiary/aromatic N) is 4. The van der Waals surface area contributed by atoms with Crippen molar-refractivity contribution in [2.45, 2.75) is 6.42 Å². The van der Waals surface area contributed by atoms with Crippen LogP contribution >= 0.6 is 0 Å². The SMILES string of the molecule is O=S([O-])CCc1cc(N2CCOCC2)nc(-c2ccncc2)n1. The van der Waals surface area contributed by atoms with Crippen molar-refractivity contribution in [3.05, 3.63) is 36.3 Å². The average molecular weight is 333 g/mol. The highest BCUT2D eigenvalue weighted by Crippen LogP contribution is 2.21. The van der Waals surface area contributed by atoms with Crippen molar-refractivity contribution in [3.8, 4) is 11.4 Å². The van der Waals surface area contributed by atoms with Gasteiger partial charge in [-0.15, -0.1) is 0 Å². The lowest BCUT2D eigenvalue weighted by atomic mass is 10.2. The molecule has 0 radical (unpaired) electrons. The van der Waals surface area contributed by atoms with Crippen LogP contribution in [-0.2, 0) is 22.2 Å². The van der Waals surface area contributed by atoms with Gasteiger partial charge in [0.25, 0.3) is 0 Å². The van der Waals surface area contributed by atoms with Gasteiger partial charge in [0.1, 0.15) is 5.82 Å². The lowest BCUT2D eigenvalue weighted by molar-refractivity contribution is 0.122. The van der Waals surface area contributed by atoms with Crippen molar-refractivity contribution >= 4 is 16.9 Å². The predicted octanol–water partition coefficient (Wildman–Crippen LogP) is 0.797. The molecule has 0 aromatic carbocycles. The summed E-state index contributed by atoms with van der Waals surface area (Å²) in [6.45, 7) is 2.85. The van der Waals surface area contributed by atoms with E-state index in [0.717, 1.165) is 30.2 Å². The van der Waals surface area contributed by atoms with Gasteiger partial charge in [-0.1, -0.05) is 11.1 Å². The molecule has 3 heterocycles. The average Bonchev–Trinajstić information content (AvgIpc) is 2.61. The monoisotopic (exact) mass is 333 g/mol. The Morgan fingerprint density at radius 2 is 1.96 bits per heavy atom. The van der Waals surface area contributed by atoms with Crippen LogP contribution < -0.4 is 4.90 Å². The first-order chi connectivity index (χ1) is 11.2. The van der Waals surface area contributed by atoms with Crippen LogP contribution in [-0.4, -0.2) is 55.8 Å². The summed E-state index contributed by atoms with van der Waals surface area (Å²) in [4.78, 5) is 15.3. The number of aromatic nitrogens is 3. The van der Waals surface area contributed by atoms with Crippen LogP contribution in [0, 0.1) is 0 Å². The quantitative estimate of drug-likeness (QED) is 0.747. The van der Waals surface area contributed by atoms with E-state index in [4.69, 9.17) is 4.74 Å². The van der Waals surface area contributed by atoms with Crippen LogP contribution in [0.2, 0.25) is 0 Å². The fraction of sp³-hybridized carbons (Fsp3) is 0.400. The van der Waals surface area contributed by atoms with Crippen molar-refractivity contribution in [2.75, 3.05) is 37.0 Å². The van der Waals surface area contributed by atoms with Crippen molar-refractivity contribution in [1.82, 2.24) is 15.0 Å². The molecule has 3 rings (SSSR count). The number of anilines is 1. The Bertz CT molecular complexity index is 678. The van der Waals surface area contributed by atoms with E-state index in [9.17, 15) is 8.76 Å². The molecule has 7 nitrogen and oxygen atoms in total. The molecule has 2 aromatic heterocycles. The van der Waals surface area contributed by atoms with Gasteiger partial charge in [0.2, 0.25) is 0 Å². The number of pyridine rings is 1. The third-order valence-electron chi connectivity index (χ3n) is 3.56. The maximum atomic E-state index is 10.8. The molecular formula is C15H17N4O3S-. The van der Waals surface area contributed by atoms with Crippen LogP contribution in [0.3, 0.4) is 0 Å². The minimum absolute atomic E-state index is 0.0509. The molecule has 0 aliphatic carbocycles. The molecule has 1 fully saturated rings. The van der Waals surface area contributed by atoms with Gasteiger partial charge in [-0.05, 0) is 12.1 Å². The van der Waals surface area contributed by atoms with Gasteiger partial charge in [-0.3, -0.25) is 9.19 Å². The summed E-state index contributed by atoms with van der Waals surface area (Å²) < 4.78 is 27.0. The second-order valence-corrected chi connectivity index (χ2v) is 6.15. The minimum Gasteiger partial charge on any atom is -0.772 e. The maximum Gasteiger partial charge on any atom is 0.161 e. The number of ether oxygens (including phenoxy) is 1. The molecule has 1 atom stereocenters. The summed E-state index contributed by atoms with van der Waals surface area (Å²) in [5, 5.41) is 0. The summed E-state index contributed by atoms with van der Waals surface area (Å²) in [6, 6.07) is 5.55. The van der Waals surface area contributed by atoms with E-state index < -0.39 is 11.1 Å². The Morgan fingerprint density at radius 1 is 1.22 bits per heavy atom. The number of aryl methyl sites for hydroxylation is 1. The van der Waals surface area contributed by atoms with Crippen LogP contribution in [0.4, 0.5) is 5.82 Å². The van der Waals surface area contributed by atoms with E-state index in [2.05, 4.69) is 19.9 Å². The molecule has 1 unspecified atom stereocenters. The zero-order chi connectivity index (χ0) is 16.1. The first-order valence-electron chi connectivity index (χ1n) is 7.39. The van der Waals surface area contributed by atoms with E-state index in [1.807, 2.05) is 18.2 Å². The van der Waals surface area contributed by atoms with Crippen LogP contribution in [0.15, 0.2) is 30.6 Å². The number of hydrogen-bond donors (Lipinski definition) is 0. The molecule has 2 aromatic rings. The van der Waals surface area contributed by atoms with Gasteiger partial charge in [-0.25, -0.2) is 9.97 Å². The number of rotatable bonds is 5. The summed E-state index contributed by atoms with van der Waals surface area (Å²) in [7, 11) is 0. The third-order valence-corrected chi connectivity index (χ3v) is 4.10. The molecule has 1 aliphatic rings. The van der Waals surface area contributed by atoms with Gasteiger partial charge in [0, 0.05) is 55.0 Å². The number of hydrogen-bond acceptors (Lipinski definition) is 7. The van der Waals surface area contributed by atoms with Crippen molar-refractivity contribution < 1.29 is 13.5 Å². The first kappa shape index (κ1) is 16.0. The molecule has 0 saturated carbocycles. The molecule has 0 N–H and O–H groups in total. The van der Waals surface area contributed by atoms with Gasteiger partial charge in [0.15, 0.2) is 5.82 Å². The van der Waals surface area contributed by atoms with Gasteiger partial charge in [-0.2, -0.15) is 0 Å². The molecule has 0 bridgehead atoms. The highest BCUT2D eigenvalue weighted by molar-refractivity contribution is 7.79. The molecule has 8 heteroatoms. The van der Waals surface area contributed by atoms with Crippen LogP contribution in [0.1, 0.15) is 5.69 Å². The smallest absolute Gasteiger partial charge is 0.161 e. The Labute approximate surface area is 137 Å². The number of morpholine rings is 1. The van der Waals surface area contributed by atoms with E-state index in [1.54, 1.807) is 12.4 Å². The topological polar surface area (TPSA) is 91.3 Å². The lowest BCUT2D eigenvalue weighted by Crippen LogP contribution is -2.37. The van der Waals surface area contributed by atoms with Gasteiger partial charge in [0.05, 0.1) is 13.2 Å². The highest BCUT2D eigenvalue weighted by Gasteiger charge is 2.15. The predicted molar refractivity (Wildman–Crippen MR) is 85.8 cm³/mol. The first-order valence-corrected chi connectivity index (χ1v) is 8.64.